The Morgan fingerprint density at radius 2 is 1.88 bits per heavy atom. The Morgan fingerprint density at radius 3 is 2.56 bits per heavy atom. The van der Waals surface area contributed by atoms with Crippen LogP contribution in [-0.4, -0.2) is 36.4 Å². The standard InChI is InChI=1S/C17H19N3O3S2/c1-19(2)25(21,22)16-10-9-14(23-16)12-24-17-18-11-15(20(17)3)13-7-5-4-6-8-13/h4-11H,12H2,1-3H3. The average molecular weight is 377 g/mol. The minimum atomic E-state index is -3.54. The quantitative estimate of drug-likeness (QED) is 0.617. The molecule has 0 atom stereocenters. The number of benzene rings is 1. The number of sulfonamides is 1. The van der Waals surface area contributed by atoms with Crippen LogP contribution in [0, 0.1) is 0 Å². The largest absolute Gasteiger partial charge is 0.447 e. The first kappa shape index (κ1) is 17.8. The zero-order valence-electron chi connectivity index (χ0n) is 14.2. The number of hydrogen-bond acceptors (Lipinski definition) is 5. The highest BCUT2D eigenvalue weighted by Crippen LogP contribution is 2.28. The lowest BCUT2D eigenvalue weighted by Crippen LogP contribution is -2.21. The van der Waals surface area contributed by atoms with Crippen LogP contribution in [0.25, 0.3) is 11.3 Å². The van der Waals surface area contributed by atoms with Crippen LogP contribution in [0.1, 0.15) is 5.76 Å². The van der Waals surface area contributed by atoms with E-state index in [0.717, 1.165) is 20.7 Å². The highest BCUT2D eigenvalue weighted by molar-refractivity contribution is 7.98. The van der Waals surface area contributed by atoms with Gasteiger partial charge in [-0.2, -0.15) is 0 Å². The molecule has 0 radical (unpaired) electrons. The highest BCUT2D eigenvalue weighted by atomic mass is 32.2. The summed E-state index contributed by atoms with van der Waals surface area (Å²) in [5.74, 6) is 1.09. The predicted octanol–water partition coefficient (Wildman–Crippen LogP) is 3.22. The van der Waals surface area contributed by atoms with Gasteiger partial charge in [0.15, 0.2) is 5.16 Å². The van der Waals surface area contributed by atoms with Crippen LogP contribution >= 0.6 is 11.8 Å². The van der Waals surface area contributed by atoms with Gasteiger partial charge < -0.3 is 8.98 Å². The number of nitrogens with zero attached hydrogens (tertiary/aromatic N) is 3. The van der Waals surface area contributed by atoms with Crippen LogP contribution in [0.3, 0.4) is 0 Å². The molecule has 6 nitrogen and oxygen atoms in total. The van der Waals surface area contributed by atoms with Crippen LogP contribution in [0.15, 0.2) is 63.3 Å². The predicted molar refractivity (Wildman–Crippen MR) is 97.8 cm³/mol. The second-order valence-corrected chi connectivity index (χ2v) is 8.67. The van der Waals surface area contributed by atoms with Crippen molar-refractivity contribution in [3.63, 3.8) is 0 Å². The van der Waals surface area contributed by atoms with E-state index in [2.05, 4.69) is 4.98 Å². The van der Waals surface area contributed by atoms with E-state index in [1.54, 1.807) is 6.07 Å². The van der Waals surface area contributed by atoms with Crippen LogP contribution < -0.4 is 0 Å². The summed E-state index contributed by atoms with van der Waals surface area (Å²) in [4.78, 5) is 4.45. The van der Waals surface area contributed by atoms with Gasteiger partial charge in [-0.25, -0.2) is 17.7 Å². The van der Waals surface area contributed by atoms with Crippen molar-refractivity contribution in [2.45, 2.75) is 16.0 Å². The summed E-state index contributed by atoms with van der Waals surface area (Å²) in [6.07, 6.45) is 1.84. The second kappa shape index (κ2) is 7.07. The van der Waals surface area contributed by atoms with Gasteiger partial charge in [-0.3, -0.25) is 0 Å². The number of furan rings is 1. The van der Waals surface area contributed by atoms with Crippen molar-refractivity contribution >= 4 is 21.8 Å². The molecule has 3 rings (SSSR count). The minimum absolute atomic E-state index is 0.0436. The highest BCUT2D eigenvalue weighted by Gasteiger charge is 2.21. The summed E-state index contributed by atoms with van der Waals surface area (Å²) in [6, 6.07) is 13.2. The summed E-state index contributed by atoms with van der Waals surface area (Å²) in [5.41, 5.74) is 2.13. The zero-order valence-corrected chi connectivity index (χ0v) is 15.8. The lowest BCUT2D eigenvalue weighted by Gasteiger charge is -2.07. The van der Waals surface area contributed by atoms with Gasteiger partial charge in [0.2, 0.25) is 5.09 Å². The maximum absolute atomic E-state index is 12.0. The minimum Gasteiger partial charge on any atom is -0.447 e. The van der Waals surface area contributed by atoms with E-state index >= 15 is 0 Å². The summed E-state index contributed by atoms with van der Waals surface area (Å²) in [5, 5.41) is 0.796. The lowest BCUT2D eigenvalue weighted by molar-refractivity contribution is 0.408. The van der Waals surface area contributed by atoms with E-state index in [4.69, 9.17) is 4.42 Å². The molecule has 0 bridgehead atoms. The van der Waals surface area contributed by atoms with Gasteiger partial charge in [-0.1, -0.05) is 42.1 Å². The van der Waals surface area contributed by atoms with Crippen molar-refractivity contribution < 1.29 is 12.8 Å². The van der Waals surface area contributed by atoms with Crippen molar-refractivity contribution in [3.8, 4) is 11.3 Å². The molecule has 8 heteroatoms. The van der Waals surface area contributed by atoms with Crippen LogP contribution in [0.2, 0.25) is 0 Å². The Kier molecular flexibility index (Phi) is 5.03. The van der Waals surface area contributed by atoms with Gasteiger partial charge in [-0.15, -0.1) is 0 Å². The molecule has 2 aromatic heterocycles. The van der Waals surface area contributed by atoms with E-state index < -0.39 is 10.0 Å². The van der Waals surface area contributed by atoms with Crippen molar-refractivity contribution in [2.24, 2.45) is 7.05 Å². The van der Waals surface area contributed by atoms with E-state index in [1.165, 1.54) is 31.9 Å². The molecule has 0 aliphatic carbocycles. The first-order chi connectivity index (χ1) is 11.9. The van der Waals surface area contributed by atoms with Crippen molar-refractivity contribution in [1.29, 1.82) is 0 Å². The third kappa shape index (κ3) is 3.65. The monoisotopic (exact) mass is 377 g/mol. The molecular weight excluding hydrogens is 358 g/mol. The molecular formula is C17H19N3O3S2. The Labute approximate surface area is 151 Å². The molecule has 0 aliphatic rings. The number of thioether (sulfide) groups is 1. The molecule has 0 N–H and O–H groups in total. The summed E-state index contributed by atoms with van der Waals surface area (Å²) in [6.45, 7) is 0. The fraction of sp³-hybridized carbons (Fsp3) is 0.235. The lowest BCUT2D eigenvalue weighted by atomic mass is 10.2. The first-order valence-corrected chi connectivity index (χ1v) is 10.0. The SMILES string of the molecule is CN(C)S(=O)(=O)c1ccc(CSc2ncc(-c3ccccc3)n2C)o1. The fourth-order valence-corrected chi connectivity index (χ4v) is 3.95. The Hall–Kier alpha value is -2.03. The van der Waals surface area contributed by atoms with Gasteiger partial charge in [0.05, 0.1) is 17.6 Å². The molecule has 0 aliphatic heterocycles. The zero-order chi connectivity index (χ0) is 18.0. The average Bonchev–Trinajstić information content (AvgIpc) is 3.21. The fourth-order valence-electron chi connectivity index (χ4n) is 2.29. The van der Waals surface area contributed by atoms with E-state index in [0.29, 0.717) is 11.5 Å². The Balaban J connectivity index is 1.73. The Bertz CT molecular complexity index is 960. The van der Waals surface area contributed by atoms with Gasteiger partial charge in [-0.05, 0) is 17.7 Å². The molecule has 3 aromatic rings. The van der Waals surface area contributed by atoms with Gasteiger partial charge in [0, 0.05) is 21.1 Å². The normalized spacial score (nSPS) is 12.0. The van der Waals surface area contributed by atoms with Crippen LogP contribution in [0.4, 0.5) is 0 Å². The summed E-state index contributed by atoms with van der Waals surface area (Å²) < 4.78 is 32.7. The molecule has 0 spiro atoms. The second-order valence-electron chi connectivity index (χ2n) is 5.65. The molecule has 0 unspecified atom stereocenters. The van der Waals surface area contributed by atoms with Crippen LogP contribution in [0.5, 0.6) is 0 Å². The van der Waals surface area contributed by atoms with Crippen molar-refractivity contribution in [2.75, 3.05) is 14.1 Å². The van der Waals surface area contributed by atoms with Crippen LogP contribution in [-0.2, 0) is 22.8 Å². The number of imidazole rings is 1. The van der Waals surface area contributed by atoms with Crippen molar-refractivity contribution in [3.05, 3.63) is 54.4 Å². The van der Waals surface area contributed by atoms with Crippen molar-refractivity contribution in [1.82, 2.24) is 13.9 Å². The molecule has 2 heterocycles. The van der Waals surface area contributed by atoms with E-state index in [-0.39, 0.29) is 5.09 Å². The number of aromatic nitrogens is 2. The number of rotatable bonds is 6. The third-order valence-electron chi connectivity index (χ3n) is 3.73. The molecule has 0 amide bonds. The maximum atomic E-state index is 12.0. The Morgan fingerprint density at radius 1 is 1.16 bits per heavy atom. The number of hydrogen-bond donors (Lipinski definition) is 0. The molecule has 1 aromatic carbocycles. The third-order valence-corrected chi connectivity index (χ3v) is 6.49. The molecule has 132 valence electrons. The summed E-state index contributed by atoms with van der Waals surface area (Å²) >= 11 is 1.50. The first-order valence-electron chi connectivity index (χ1n) is 7.61. The van der Waals surface area contributed by atoms with E-state index in [9.17, 15) is 8.42 Å². The van der Waals surface area contributed by atoms with Gasteiger partial charge in [0.25, 0.3) is 10.0 Å². The topological polar surface area (TPSA) is 68.3 Å². The molecule has 0 saturated heterocycles. The molecule has 0 saturated carbocycles. The molecule has 25 heavy (non-hydrogen) atoms. The molecule has 0 fully saturated rings. The van der Waals surface area contributed by atoms with E-state index in [1.807, 2.05) is 48.1 Å². The van der Waals surface area contributed by atoms with Gasteiger partial charge in [0.1, 0.15) is 5.76 Å². The smallest absolute Gasteiger partial charge is 0.275 e. The summed E-state index contributed by atoms with van der Waals surface area (Å²) in [7, 11) is 1.37. The van der Waals surface area contributed by atoms with Gasteiger partial charge >= 0.3 is 0 Å². The maximum Gasteiger partial charge on any atom is 0.275 e.